The molecule has 0 spiro atoms. The fourth-order valence-corrected chi connectivity index (χ4v) is 2.97. The van der Waals surface area contributed by atoms with Crippen LogP contribution in [0.4, 0.5) is 5.69 Å². The van der Waals surface area contributed by atoms with Crippen LogP contribution < -0.4 is 20.7 Å². The van der Waals surface area contributed by atoms with Gasteiger partial charge in [0.05, 0.1) is 12.2 Å². The number of hydrogen-bond donors (Lipinski definition) is 3. The second kappa shape index (κ2) is 10.9. The lowest BCUT2D eigenvalue weighted by Crippen LogP contribution is -2.34. The molecule has 3 N–H and O–H groups in total. The van der Waals surface area contributed by atoms with Crippen molar-refractivity contribution in [2.24, 2.45) is 5.92 Å². The van der Waals surface area contributed by atoms with E-state index in [9.17, 15) is 9.59 Å². The molecule has 0 bridgehead atoms. The third-order valence-corrected chi connectivity index (χ3v) is 4.40. The molecule has 0 unspecified atom stereocenters. The fourth-order valence-electron chi connectivity index (χ4n) is 2.40. The monoisotopic (exact) mass is 477 g/mol. The maximum Gasteiger partial charge on any atom is 0.261 e. The number of halogens is 1. The lowest BCUT2D eigenvalue weighted by Gasteiger charge is -2.15. The summed E-state index contributed by atoms with van der Waals surface area (Å²) in [5, 5.41) is 8.45. The van der Waals surface area contributed by atoms with Crippen LogP contribution in [0.25, 0.3) is 0 Å². The van der Waals surface area contributed by atoms with E-state index in [0.29, 0.717) is 41.6 Å². The summed E-state index contributed by atoms with van der Waals surface area (Å²) in [5.74, 6) is 0.254. The molecule has 29 heavy (non-hydrogen) atoms. The molecule has 0 fully saturated rings. The number of amides is 2. The molecule has 0 atom stereocenters. The van der Waals surface area contributed by atoms with Crippen LogP contribution in [0.5, 0.6) is 5.75 Å². The van der Waals surface area contributed by atoms with Crippen molar-refractivity contribution in [1.29, 1.82) is 0 Å². The first-order chi connectivity index (χ1) is 13.8. The molecule has 0 aromatic heterocycles. The zero-order valence-electron chi connectivity index (χ0n) is 16.5. The van der Waals surface area contributed by atoms with Gasteiger partial charge in [-0.1, -0.05) is 35.8 Å². The van der Waals surface area contributed by atoms with Crippen LogP contribution in [0, 0.1) is 5.92 Å². The lowest BCUT2D eigenvalue weighted by molar-refractivity contribution is 0.0952. The molecule has 2 aromatic carbocycles. The number of carbonyl (C=O) groups excluding carboxylic acids is 2. The molecule has 0 saturated heterocycles. The Morgan fingerprint density at radius 1 is 1.14 bits per heavy atom. The lowest BCUT2D eigenvalue weighted by atomic mass is 10.2. The first-order valence-corrected chi connectivity index (χ1v) is 10.4. The van der Waals surface area contributed by atoms with Crippen molar-refractivity contribution in [3.8, 4) is 5.75 Å². The Balaban J connectivity index is 2.08. The summed E-state index contributed by atoms with van der Waals surface area (Å²) < 4.78 is 6.51. The van der Waals surface area contributed by atoms with Crippen LogP contribution in [-0.4, -0.2) is 30.1 Å². The predicted octanol–water partition coefficient (Wildman–Crippen LogP) is 4.36. The maximum absolute atomic E-state index is 12.7. The van der Waals surface area contributed by atoms with Gasteiger partial charge in [0.25, 0.3) is 11.8 Å². The number of rotatable bonds is 7. The minimum atomic E-state index is -0.387. The number of ether oxygens (including phenoxy) is 1. The summed E-state index contributed by atoms with van der Waals surface area (Å²) in [5.41, 5.74) is 1.48. The van der Waals surface area contributed by atoms with E-state index in [-0.39, 0.29) is 16.9 Å². The normalized spacial score (nSPS) is 10.4. The van der Waals surface area contributed by atoms with Crippen molar-refractivity contribution < 1.29 is 14.3 Å². The van der Waals surface area contributed by atoms with Crippen LogP contribution >= 0.6 is 28.1 Å². The molecule has 0 aliphatic carbocycles. The summed E-state index contributed by atoms with van der Waals surface area (Å²) in [4.78, 5) is 24.7. The molecular weight excluding hydrogens is 454 g/mol. The van der Waals surface area contributed by atoms with Gasteiger partial charge in [-0.05, 0) is 61.5 Å². The number of carbonyl (C=O) groups is 2. The molecule has 0 aliphatic rings. The maximum atomic E-state index is 12.7. The standard InChI is InChI=1S/C21H24BrN3O3S/c1-4-23-19(26)14-6-5-7-16(10-14)24-21(29)25-20(27)17-11-15(22)8-9-18(17)28-12-13(2)3/h5-11,13H,4,12H2,1-3H3,(H,23,26)(H2,24,25,27,29). The number of anilines is 1. The van der Waals surface area contributed by atoms with Crippen LogP contribution in [0.1, 0.15) is 41.5 Å². The minimum absolute atomic E-state index is 0.123. The van der Waals surface area contributed by atoms with Gasteiger partial charge < -0.3 is 15.4 Å². The van der Waals surface area contributed by atoms with Crippen LogP contribution in [0.3, 0.4) is 0 Å². The molecule has 0 radical (unpaired) electrons. The van der Waals surface area contributed by atoms with Gasteiger partial charge in [0.2, 0.25) is 0 Å². The average Bonchev–Trinajstić information content (AvgIpc) is 2.67. The zero-order chi connectivity index (χ0) is 21.4. The highest BCUT2D eigenvalue weighted by molar-refractivity contribution is 9.10. The Morgan fingerprint density at radius 3 is 2.59 bits per heavy atom. The van der Waals surface area contributed by atoms with E-state index in [2.05, 4.69) is 31.9 Å². The second-order valence-electron chi connectivity index (χ2n) is 6.69. The minimum Gasteiger partial charge on any atom is -0.492 e. The van der Waals surface area contributed by atoms with E-state index >= 15 is 0 Å². The van der Waals surface area contributed by atoms with Crippen LogP contribution in [-0.2, 0) is 0 Å². The first-order valence-electron chi connectivity index (χ1n) is 9.23. The number of benzene rings is 2. The third kappa shape index (κ3) is 7.14. The summed E-state index contributed by atoms with van der Waals surface area (Å²) in [6.45, 7) is 6.96. The van der Waals surface area contributed by atoms with E-state index in [0.717, 1.165) is 4.47 Å². The molecule has 2 amide bonds. The van der Waals surface area contributed by atoms with Gasteiger partial charge in [0.15, 0.2) is 5.11 Å². The predicted molar refractivity (Wildman–Crippen MR) is 123 cm³/mol. The Hall–Kier alpha value is -2.45. The van der Waals surface area contributed by atoms with E-state index in [1.165, 1.54) is 0 Å². The van der Waals surface area contributed by atoms with E-state index < -0.39 is 0 Å². The zero-order valence-corrected chi connectivity index (χ0v) is 18.9. The summed E-state index contributed by atoms with van der Waals surface area (Å²) in [6.07, 6.45) is 0. The van der Waals surface area contributed by atoms with E-state index in [1.54, 1.807) is 36.4 Å². The number of nitrogens with one attached hydrogen (secondary N) is 3. The van der Waals surface area contributed by atoms with E-state index in [4.69, 9.17) is 17.0 Å². The average molecular weight is 478 g/mol. The van der Waals surface area contributed by atoms with Gasteiger partial charge in [-0.3, -0.25) is 14.9 Å². The summed E-state index contributed by atoms with van der Waals surface area (Å²) in [6, 6.07) is 12.1. The molecular formula is C21H24BrN3O3S. The quantitative estimate of drug-likeness (QED) is 0.516. The highest BCUT2D eigenvalue weighted by atomic mass is 79.9. The Kier molecular flexibility index (Phi) is 8.60. The van der Waals surface area contributed by atoms with Gasteiger partial charge in [-0.25, -0.2) is 0 Å². The van der Waals surface area contributed by atoms with Crippen LogP contribution in [0.2, 0.25) is 0 Å². The first kappa shape index (κ1) is 22.8. The Labute approximate surface area is 184 Å². The molecule has 2 aromatic rings. The molecule has 6 nitrogen and oxygen atoms in total. The molecule has 0 aliphatic heterocycles. The fraction of sp³-hybridized carbons (Fsp3) is 0.286. The molecule has 0 heterocycles. The van der Waals surface area contributed by atoms with Gasteiger partial charge >= 0.3 is 0 Å². The molecule has 154 valence electrons. The van der Waals surface area contributed by atoms with Crippen molar-refractivity contribution in [1.82, 2.24) is 10.6 Å². The Morgan fingerprint density at radius 2 is 1.90 bits per heavy atom. The topological polar surface area (TPSA) is 79.5 Å². The van der Waals surface area contributed by atoms with E-state index in [1.807, 2.05) is 26.8 Å². The van der Waals surface area contributed by atoms with Gasteiger partial charge in [0, 0.05) is 22.3 Å². The number of thiocarbonyl (C=S) groups is 1. The summed E-state index contributed by atoms with van der Waals surface area (Å²) in [7, 11) is 0. The van der Waals surface area contributed by atoms with Gasteiger partial charge in [-0.15, -0.1) is 0 Å². The van der Waals surface area contributed by atoms with Crippen molar-refractivity contribution in [3.63, 3.8) is 0 Å². The third-order valence-electron chi connectivity index (χ3n) is 3.71. The second-order valence-corrected chi connectivity index (χ2v) is 8.02. The van der Waals surface area contributed by atoms with Gasteiger partial charge in [-0.2, -0.15) is 0 Å². The highest BCUT2D eigenvalue weighted by Gasteiger charge is 2.15. The molecule has 8 heteroatoms. The van der Waals surface area contributed by atoms with Gasteiger partial charge in [0.1, 0.15) is 5.75 Å². The van der Waals surface area contributed by atoms with Crippen molar-refractivity contribution in [2.75, 3.05) is 18.5 Å². The van der Waals surface area contributed by atoms with Crippen LogP contribution in [0.15, 0.2) is 46.9 Å². The Bertz CT molecular complexity index is 902. The molecule has 0 saturated carbocycles. The number of hydrogen-bond acceptors (Lipinski definition) is 4. The summed E-state index contributed by atoms with van der Waals surface area (Å²) >= 11 is 8.64. The highest BCUT2D eigenvalue weighted by Crippen LogP contribution is 2.24. The van der Waals surface area contributed by atoms with Crippen molar-refractivity contribution >= 4 is 50.8 Å². The molecule has 2 rings (SSSR count). The SMILES string of the molecule is CCNC(=O)c1cccc(NC(=S)NC(=O)c2cc(Br)ccc2OCC(C)C)c1. The van der Waals surface area contributed by atoms with Crippen molar-refractivity contribution in [2.45, 2.75) is 20.8 Å². The largest absolute Gasteiger partial charge is 0.492 e. The van der Waals surface area contributed by atoms with Crippen molar-refractivity contribution in [3.05, 3.63) is 58.1 Å². The smallest absolute Gasteiger partial charge is 0.261 e.